The Balaban J connectivity index is 2.02. The van der Waals surface area contributed by atoms with E-state index in [0.29, 0.717) is 10.6 Å². The number of H-pyrrole nitrogens is 1. The van der Waals surface area contributed by atoms with Crippen molar-refractivity contribution < 1.29 is 4.42 Å². The molecule has 2 heterocycles. The first-order valence-electron chi connectivity index (χ1n) is 6.63. The summed E-state index contributed by atoms with van der Waals surface area (Å²) in [5.74, 6) is 0.732. The summed E-state index contributed by atoms with van der Waals surface area (Å²) < 4.78 is 7.81. The maximum absolute atomic E-state index is 12.5. The lowest BCUT2D eigenvalue weighted by molar-refractivity contribution is 0.557. The number of aromatic amines is 1. The second-order valence-electron chi connectivity index (χ2n) is 4.66. The van der Waals surface area contributed by atoms with Crippen LogP contribution >= 0.6 is 22.6 Å². The third kappa shape index (κ3) is 2.99. The number of aromatic nitrogens is 2. The third-order valence-corrected chi connectivity index (χ3v) is 3.88. The van der Waals surface area contributed by atoms with Crippen molar-refractivity contribution in [3.05, 3.63) is 79.0 Å². The Kier molecular flexibility index (Phi) is 4.15. The Morgan fingerprint density at radius 2 is 2.00 bits per heavy atom. The molecule has 4 nitrogen and oxygen atoms in total. The van der Waals surface area contributed by atoms with E-state index in [0.717, 1.165) is 15.0 Å². The Hall–Kier alpha value is -2.28. The van der Waals surface area contributed by atoms with E-state index in [1.165, 1.54) is 4.68 Å². The fraction of sp³-hybridized carbons (Fsp3) is 0. The van der Waals surface area contributed by atoms with Crippen molar-refractivity contribution in [2.75, 3.05) is 0 Å². The first kappa shape index (κ1) is 14.6. The molecule has 0 atom stereocenters. The summed E-state index contributed by atoms with van der Waals surface area (Å²) in [5, 5.41) is 4.10. The Labute approximate surface area is 140 Å². The first-order valence-corrected chi connectivity index (χ1v) is 7.71. The van der Waals surface area contributed by atoms with Gasteiger partial charge in [0.05, 0.1) is 22.5 Å². The van der Waals surface area contributed by atoms with Crippen LogP contribution in [0.15, 0.2) is 57.9 Å². The Bertz CT molecular complexity index is 961. The highest BCUT2D eigenvalue weighted by molar-refractivity contribution is 14.1. The lowest BCUT2D eigenvalue weighted by Gasteiger charge is -2.00. The molecule has 110 valence electrons. The molecule has 2 aromatic heterocycles. The van der Waals surface area contributed by atoms with Crippen LogP contribution in [0.2, 0.25) is 0 Å². The standard InChI is InChI=1S/C17H13IN2O2/c1-12-16(6-2-4-15-5-3-11-22-15)17(21)20(19-12)14-9-7-13(18)8-10-14/h2-11,19H,1H2/b4-2+,16-6?. The first-order chi connectivity index (χ1) is 10.6. The van der Waals surface area contributed by atoms with Crippen LogP contribution in [0.3, 0.4) is 0 Å². The average molecular weight is 404 g/mol. The fourth-order valence-corrected chi connectivity index (χ4v) is 2.42. The minimum Gasteiger partial charge on any atom is -0.465 e. The van der Waals surface area contributed by atoms with Gasteiger partial charge in [0.1, 0.15) is 5.76 Å². The normalized spacial score (nSPS) is 12.3. The molecular formula is C17H13IN2O2. The topological polar surface area (TPSA) is 50.9 Å². The van der Waals surface area contributed by atoms with Crippen molar-refractivity contribution in [3.8, 4) is 5.69 Å². The molecule has 0 unspecified atom stereocenters. The van der Waals surface area contributed by atoms with Crippen LogP contribution in [0.1, 0.15) is 5.76 Å². The summed E-state index contributed by atoms with van der Waals surface area (Å²) >= 11 is 2.23. The highest BCUT2D eigenvalue weighted by Crippen LogP contribution is 2.07. The number of halogens is 1. The van der Waals surface area contributed by atoms with E-state index >= 15 is 0 Å². The van der Waals surface area contributed by atoms with E-state index < -0.39 is 0 Å². The van der Waals surface area contributed by atoms with Crippen LogP contribution in [0.4, 0.5) is 0 Å². The highest BCUT2D eigenvalue weighted by Gasteiger charge is 2.03. The van der Waals surface area contributed by atoms with Crippen LogP contribution < -0.4 is 16.1 Å². The lowest BCUT2D eigenvalue weighted by atomic mass is 10.3. The number of benzene rings is 1. The summed E-state index contributed by atoms with van der Waals surface area (Å²) in [6.07, 6.45) is 6.90. The zero-order chi connectivity index (χ0) is 15.5. The number of allylic oxidation sites excluding steroid dienone is 1. The molecule has 1 N–H and O–H groups in total. The van der Waals surface area contributed by atoms with Gasteiger partial charge in [0.15, 0.2) is 0 Å². The zero-order valence-corrected chi connectivity index (χ0v) is 13.8. The molecule has 0 bridgehead atoms. The summed E-state index contributed by atoms with van der Waals surface area (Å²) in [4.78, 5) is 12.5. The molecule has 3 aromatic rings. The van der Waals surface area contributed by atoms with Gasteiger partial charge >= 0.3 is 0 Å². The van der Waals surface area contributed by atoms with Gasteiger partial charge in [-0.25, -0.2) is 4.68 Å². The zero-order valence-electron chi connectivity index (χ0n) is 11.6. The number of nitrogens with one attached hydrogen (secondary N) is 1. The van der Waals surface area contributed by atoms with Crippen LogP contribution in [0.5, 0.6) is 0 Å². The van der Waals surface area contributed by atoms with Crippen molar-refractivity contribution >= 4 is 41.3 Å². The number of furan rings is 1. The molecule has 0 amide bonds. The van der Waals surface area contributed by atoms with Crippen LogP contribution in [0.25, 0.3) is 24.4 Å². The van der Waals surface area contributed by atoms with Gasteiger partial charge in [0.25, 0.3) is 5.56 Å². The SMILES string of the molecule is C=c1[nH]n(-c2ccc(I)cc2)c(=O)c1=C/C=C/c1ccco1. The summed E-state index contributed by atoms with van der Waals surface area (Å²) in [6, 6.07) is 11.3. The van der Waals surface area contributed by atoms with Crippen LogP contribution in [-0.4, -0.2) is 9.78 Å². The third-order valence-electron chi connectivity index (χ3n) is 3.16. The van der Waals surface area contributed by atoms with Gasteiger partial charge in [-0.3, -0.25) is 9.89 Å². The second kappa shape index (κ2) is 6.23. The molecule has 0 aliphatic carbocycles. The summed E-state index contributed by atoms with van der Waals surface area (Å²) in [7, 11) is 0. The van der Waals surface area contributed by atoms with Crippen LogP contribution in [-0.2, 0) is 0 Å². The summed E-state index contributed by atoms with van der Waals surface area (Å²) in [5.41, 5.74) is 0.653. The number of hydrogen-bond donors (Lipinski definition) is 1. The van der Waals surface area contributed by atoms with Crippen molar-refractivity contribution in [1.82, 2.24) is 9.78 Å². The van der Waals surface area contributed by atoms with E-state index in [2.05, 4.69) is 34.3 Å². The molecule has 1 aromatic carbocycles. The van der Waals surface area contributed by atoms with Gasteiger partial charge in [0, 0.05) is 3.57 Å². The molecule has 0 saturated carbocycles. The minimum atomic E-state index is -0.129. The molecule has 0 fully saturated rings. The smallest absolute Gasteiger partial charge is 0.279 e. The molecule has 0 saturated heterocycles. The molecule has 0 aliphatic heterocycles. The van der Waals surface area contributed by atoms with Gasteiger partial charge in [-0.15, -0.1) is 0 Å². The maximum Gasteiger partial charge on any atom is 0.279 e. The molecule has 0 radical (unpaired) electrons. The van der Waals surface area contributed by atoms with E-state index in [1.807, 2.05) is 36.4 Å². The largest absolute Gasteiger partial charge is 0.465 e. The average Bonchev–Trinajstić information content (AvgIpc) is 3.11. The van der Waals surface area contributed by atoms with Crippen molar-refractivity contribution in [2.24, 2.45) is 0 Å². The molecular weight excluding hydrogens is 391 g/mol. The number of rotatable bonds is 3. The van der Waals surface area contributed by atoms with E-state index in [9.17, 15) is 4.79 Å². The van der Waals surface area contributed by atoms with Gasteiger partial charge in [-0.05, 0) is 71.1 Å². The molecule has 22 heavy (non-hydrogen) atoms. The molecule has 0 aliphatic rings. The van der Waals surface area contributed by atoms with Crippen molar-refractivity contribution in [2.45, 2.75) is 0 Å². The van der Waals surface area contributed by atoms with E-state index in [4.69, 9.17) is 4.42 Å². The number of hydrogen-bond acceptors (Lipinski definition) is 2. The monoisotopic (exact) mass is 404 g/mol. The molecule has 0 spiro atoms. The lowest BCUT2D eigenvalue weighted by Crippen LogP contribution is -2.33. The fourth-order valence-electron chi connectivity index (χ4n) is 2.06. The highest BCUT2D eigenvalue weighted by atomic mass is 127. The predicted octanol–water partition coefficient (Wildman–Crippen LogP) is 2.27. The van der Waals surface area contributed by atoms with E-state index in [1.54, 1.807) is 24.5 Å². The van der Waals surface area contributed by atoms with Crippen LogP contribution in [0, 0.1) is 3.57 Å². The Morgan fingerprint density at radius 1 is 1.23 bits per heavy atom. The van der Waals surface area contributed by atoms with E-state index in [-0.39, 0.29) is 5.56 Å². The van der Waals surface area contributed by atoms with Gasteiger partial charge < -0.3 is 4.42 Å². The number of nitrogens with zero attached hydrogens (tertiary/aromatic N) is 1. The van der Waals surface area contributed by atoms with Gasteiger partial charge in [-0.1, -0.05) is 12.7 Å². The molecule has 3 rings (SSSR count). The minimum absolute atomic E-state index is 0.129. The van der Waals surface area contributed by atoms with Crippen molar-refractivity contribution in [1.29, 1.82) is 0 Å². The van der Waals surface area contributed by atoms with Gasteiger partial charge in [0.2, 0.25) is 0 Å². The quantitative estimate of drug-likeness (QED) is 0.682. The van der Waals surface area contributed by atoms with Crippen molar-refractivity contribution in [3.63, 3.8) is 0 Å². The maximum atomic E-state index is 12.5. The van der Waals surface area contributed by atoms with Gasteiger partial charge in [-0.2, -0.15) is 0 Å². The second-order valence-corrected chi connectivity index (χ2v) is 5.91. The summed E-state index contributed by atoms with van der Waals surface area (Å²) in [6.45, 7) is 3.89. The Morgan fingerprint density at radius 3 is 2.68 bits per heavy atom. The molecule has 5 heteroatoms. The predicted molar refractivity (Wildman–Crippen MR) is 96.1 cm³/mol.